The summed E-state index contributed by atoms with van der Waals surface area (Å²) in [4.78, 5) is 16.6. The zero-order valence-corrected chi connectivity index (χ0v) is 28.3. The zero-order valence-electron chi connectivity index (χ0n) is 25.9. The molecule has 3 N–H and O–H groups in total. The first-order valence-electron chi connectivity index (χ1n) is 14.9. The molecule has 0 amide bonds. The summed E-state index contributed by atoms with van der Waals surface area (Å²) in [6.07, 6.45) is 5.01. The lowest BCUT2D eigenvalue weighted by Gasteiger charge is -2.43. The van der Waals surface area contributed by atoms with E-state index in [-0.39, 0.29) is 6.79 Å². The minimum atomic E-state index is -3.57. The molecule has 0 unspecified atom stereocenters. The number of nitrogens with one attached hydrogen (secondary N) is 3. The van der Waals surface area contributed by atoms with Gasteiger partial charge in [-0.3, -0.25) is 9.62 Å². The molecule has 0 bridgehead atoms. The van der Waals surface area contributed by atoms with Crippen LogP contribution in [0.4, 0.5) is 34.5 Å². The molecular formula is C30H39BrN8O5S. The van der Waals surface area contributed by atoms with Crippen molar-refractivity contribution in [1.82, 2.24) is 19.8 Å². The normalized spacial score (nSPS) is 17.8. The van der Waals surface area contributed by atoms with Gasteiger partial charge in [-0.05, 0) is 54.4 Å². The molecule has 2 fully saturated rings. The lowest BCUT2D eigenvalue weighted by molar-refractivity contribution is 0.0982. The van der Waals surface area contributed by atoms with Crippen LogP contribution in [-0.4, -0.2) is 101 Å². The summed E-state index contributed by atoms with van der Waals surface area (Å²) in [5.74, 6) is 2.37. The predicted octanol–water partition coefficient (Wildman–Crippen LogP) is 4.36. The van der Waals surface area contributed by atoms with Gasteiger partial charge in [0.15, 0.2) is 11.5 Å². The Balaban J connectivity index is 1.18. The molecule has 13 nitrogen and oxygen atoms in total. The Morgan fingerprint density at radius 2 is 1.64 bits per heavy atom. The summed E-state index contributed by atoms with van der Waals surface area (Å²) < 4.78 is 44.0. The first-order valence-corrected chi connectivity index (χ1v) is 17.6. The molecule has 3 aliphatic heterocycles. The number of hydrogen-bond acceptors (Lipinski definition) is 12. The summed E-state index contributed by atoms with van der Waals surface area (Å²) in [5.41, 5.74) is 3.76. The van der Waals surface area contributed by atoms with Crippen LogP contribution in [0.5, 0.6) is 17.2 Å². The van der Waals surface area contributed by atoms with Gasteiger partial charge in [0.25, 0.3) is 0 Å². The van der Waals surface area contributed by atoms with Gasteiger partial charge in [-0.2, -0.15) is 4.98 Å². The second-order valence-corrected chi connectivity index (χ2v) is 14.3. The largest absolute Gasteiger partial charge is 0.494 e. The van der Waals surface area contributed by atoms with Gasteiger partial charge < -0.3 is 34.6 Å². The van der Waals surface area contributed by atoms with Gasteiger partial charge in [-0.15, -0.1) is 0 Å². The molecule has 2 saturated heterocycles. The lowest BCUT2D eigenvalue weighted by Crippen LogP contribution is -2.52. The first kappa shape index (κ1) is 31.5. The van der Waals surface area contributed by atoms with Crippen LogP contribution in [-0.2, 0) is 10.0 Å². The van der Waals surface area contributed by atoms with Crippen molar-refractivity contribution < 1.29 is 22.6 Å². The predicted molar refractivity (Wildman–Crippen MR) is 179 cm³/mol. The zero-order chi connectivity index (χ0) is 31.7. The minimum absolute atomic E-state index is 0.0529. The number of rotatable bonds is 9. The number of nitrogens with zero attached hydrogens (tertiary/aromatic N) is 5. The molecule has 45 heavy (non-hydrogen) atoms. The van der Waals surface area contributed by atoms with E-state index in [0.717, 1.165) is 69.6 Å². The van der Waals surface area contributed by atoms with Crippen molar-refractivity contribution in [2.45, 2.75) is 25.8 Å². The van der Waals surface area contributed by atoms with Crippen molar-refractivity contribution in [3.8, 4) is 17.2 Å². The van der Waals surface area contributed by atoms with Crippen molar-refractivity contribution in [1.29, 1.82) is 0 Å². The fourth-order valence-electron chi connectivity index (χ4n) is 6.04. The number of aryl methyl sites for hydroxylation is 1. The second kappa shape index (κ2) is 13.1. The molecule has 0 radical (unpaired) electrons. The number of likely N-dealkylation sites (N-methyl/N-ethyl adjacent to an activating group) is 1. The molecule has 3 aliphatic rings. The first-order chi connectivity index (χ1) is 21.6. The number of benzene rings is 2. The maximum absolute atomic E-state index is 12.1. The number of aromatic nitrogens is 2. The second-order valence-electron chi connectivity index (χ2n) is 11.7. The number of fused-ring (bicyclic) bond motifs is 1. The smallest absolute Gasteiger partial charge is 0.231 e. The summed E-state index contributed by atoms with van der Waals surface area (Å²) in [6.45, 7) is 8.77. The number of hydrogen-bond donors (Lipinski definition) is 3. The average molecular weight is 704 g/mol. The lowest BCUT2D eigenvalue weighted by atomic mass is 10.0. The Morgan fingerprint density at radius 1 is 0.956 bits per heavy atom. The maximum atomic E-state index is 12.1. The molecule has 0 saturated carbocycles. The van der Waals surface area contributed by atoms with Crippen LogP contribution < -0.4 is 34.5 Å². The fraction of sp³-hybridized carbons (Fsp3) is 0.467. The van der Waals surface area contributed by atoms with E-state index in [0.29, 0.717) is 50.9 Å². The fourth-order valence-corrected chi connectivity index (χ4v) is 6.89. The van der Waals surface area contributed by atoms with Crippen molar-refractivity contribution in [2.24, 2.45) is 0 Å². The van der Waals surface area contributed by atoms with E-state index in [1.165, 1.54) is 5.69 Å². The van der Waals surface area contributed by atoms with E-state index in [9.17, 15) is 8.42 Å². The van der Waals surface area contributed by atoms with Crippen LogP contribution in [0.15, 0.2) is 34.9 Å². The Hall–Kier alpha value is -3.53. The average Bonchev–Trinajstić information content (AvgIpc) is 3.46. The van der Waals surface area contributed by atoms with Crippen LogP contribution >= 0.6 is 15.9 Å². The van der Waals surface area contributed by atoms with Gasteiger partial charge in [0.2, 0.25) is 22.8 Å². The Labute approximate surface area is 272 Å². The van der Waals surface area contributed by atoms with Crippen LogP contribution in [0, 0.1) is 6.92 Å². The van der Waals surface area contributed by atoms with Crippen molar-refractivity contribution in [3.05, 3.63) is 40.5 Å². The number of sulfonamides is 1. The molecular weight excluding hydrogens is 664 g/mol. The van der Waals surface area contributed by atoms with Crippen LogP contribution in [0.3, 0.4) is 0 Å². The quantitative estimate of drug-likeness (QED) is 0.293. The number of anilines is 6. The topological polar surface area (TPSA) is 133 Å². The number of halogens is 1. The van der Waals surface area contributed by atoms with Crippen molar-refractivity contribution in [3.63, 3.8) is 0 Å². The third-order valence-corrected chi connectivity index (χ3v) is 9.60. The van der Waals surface area contributed by atoms with Crippen LogP contribution in [0.2, 0.25) is 0 Å². The van der Waals surface area contributed by atoms with E-state index >= 15 is 0 Å². The highest BCUT2D eigenvalue weighted by atomic mass is 79.9. The molecule has 3 aromatic rings. The third-order valence-electron chi connectivity index (χ3n) is 8.43. The molecule has 0 atom stereocenters. The van der Waals surface area contributed by atoms with Crippen LogP contribution in [0.1, 0.15) is 18.4 Å². The van der Waals surface area contributed by atoms with E-state index in [1.807, 2.05) is 0 Å². The molecule has 0 spiro atoms. The highest BCUT2D eigenvalue weighted by Gasteiger charge is 2.28. The Morgan fingerprint density at radius 3 is 2.31 bits per heavy atom. The van der Waals surface area contributed by atoms with Gasteiger partial charge in [0, 0.05) is 75.4 Å². The number of ether oxygens (including phenoxy) is 3. The highest BCUT2D eigenvalue weighted by Crippen LogP contribution is 2.42. The van der Waals surface area contributed by atoms with Gasteiger partial charge in [0.05, 0.1) is 34.9 Å². The van der Waals surface area contributed by atoms with Gasteiger partial charge >= 0.3 is 0 Å². The molecule has 242 valence electrons. The molecule has 0 aliphatic carbocycles. The summed E-state index contributed by atoms with van der Waals surface area (Å²) in [6, 6.07) is 8.03. The molecule has 1 aromatic heterocycles. The standard InChI is InChI=1S/C30H39BrN8O5S/c1-19-13-24(26(42-3)16-25(19)39-7-5-20(6-8-39)38-11-9-37(2)10-12-38)34-30-32-17-21(31)29(35-30)33-22-14-27-28(44-18-43-27)15-23(22)36-45(4,40)41/h13-17,20,36H,5-12,18H2,1-4H3,(H2,32,33,34,35). The monoisotopic (exact) mass is 702 g/mol. The third kappa shape index (κ3) is 7.32. The van der Waals surface area contributed by atoms with E-state index in [4.69, 9.17) is 14.2 Å². The van der Waals surface area contributed by atoms with Gasteiger partial charge in [0.1, 0.15) is 11.6 Å². The maximum Gasteiger partial charge on any atom is 0.231 e. The Kier molecular flexibility index (Phi) is 9.13. The van der Waals surface area contributed by atoms with Crippen molar-refractivity contribution >= 4 is 60.5 Å². The summed E-state index contributed by atoms with van der Waals surface area (Å²) in [7, 11) is 0.291. The summed E-state index contributed by atoms with van der Waals surface area (Å²) >= 11 is 3.50. The summed E-state index contributed by atoms with van der Waals surface area (Å²) in [5, 5.41) is 6.50. The van der Waals surface area contributed by atoms with Gasteiger partial charge in [-0.1, -0.05) is 0 Å². The molecule has 6 rings (SSSR count). The molecule has 4 heterocycles. The number of piperazine rings is 1. The SMILES string of the molecule is COc1cc(N2CCC(N3CCN(C)CC3)CC2)c(C)cc1Nc1ncc(Br)c(Nc2cc3c(cc2NS(C)(=O)=O)OCO3)n1. The van der Waals surface area contributed by atoms with E-state index < -0.39 is 10.0 Å². The molecule has 2 aromatic carbocycles. The molecule has 15 heteroatoms. The van der Waals surface area contributed by atoms with Crippen molar-refractivity contribution in [2.75, 3.05) is 86.7 Å². The van der Waals surface area contributed by atoms with E-state index in [2.05, 4.69) is 82.1 Å². The van der Waals surface area contributed by atoms with Gasteiger partial charge in [-0.25, -0.2) is 13.4 Å². The minimum Gasteiger partial charge on any atom is -0.494 e. The Bertz CT molecular complexity index is 1660. The van der Waals surface area contributed by atoms with Crippen LogP contribution in [0.25, 0.3) is 0 Å². The number of methoxy groups -OCH3 is 1. The number of piperidine rings is 1. The highest BCUT2D eigenvalue weighted by molar-refractivity contribution is 9.10. The van der Waals surface area contributed by atoms with E-state index in [1.54, 1.807) is 25.4 Å².